The summed E-state index contributed by atoms with van der Waals surface area (Å²) in [6.07, 6.45) is 1.57. The van der Waals surface area contributed by atoms with E-state index in [2.05, 4.69) is 16.8 Å². The lowest BCUT2D eigenvalue weighted by atomic mass is 10.1. The number of benzene rings is 1. The van der Waals surface area contributed by atoms with Crippen LogP contribution < -0.4 is 14.4 Å². The minimum atomic E-state index is -0.528. The number of ether oxygens (including phenoxy) is 3. The number of rotatable bonds is 5. The number of amides is 1. The molecule has 184 valence electrons. The van der Waals surface area contributed by atoms with E-state index in [1.807, 2.05) is 45.0 Å². The zero-order chi connectivity index (χ0) is 24.5. The maximum absolute atomic E-state index is 12.4. The van der Waals surface area contributed by atoms with E-state index >= 15 is 0 Å². The number of carbonyl (C=O) groups excluding carboxylic acids is 1. The van der Waals surface area contributed by atoms with Gasteiger partial charge < -0.3 is 34.1 Å². The zero-order valence-corrected chi connectivity index (χ0v) is 20.0. The van der Waals surface area contributed by atoms with Gasteiger partial charge >= 0.3 is 17.9 Å². The number of imidazole rings is 1. The lowest BCUT2D eigenvalue weighted by molar-refractivity contribution is -0.389. The standard InChI is InChI=1S/C23H31N5O6/c1-16-13-26(22(29)34-23(2,3)4)11-12-27(16)17-5-7-18(8-6-17)32-15-19-9-10-25-14-20(28(30)31)24-21(25)33-19/h5-8,14,16,19H,9-13,15H2,1-4H3/t16-,19-/m0/s1. The average Bonchev–Trinajstić information content (AvgIpc) is 3.21. The van der Waals surface area contributed by atoms with Crippen molar-refractivity contribution in [3.05, 3.63) is 40.6 Å². The maximum Gasteiger partial charge on any atom is 0.414 e. The fourth-order valence-electron chi connectivity index (χ4n) is 4.09. The van der Waals surface area contributed by atoms with Crippen molar-refractivity contribution in [3.63, 3.8) is 0 Å². The number of nitrogens with zero attached hydrogens (tertiary/aromatic N) is 5. The molecule has 4 rings (SSSR count). The molecule has 1 aromatic carbocycles. The van der Waals surface area contributed by atoms with E-state index in [0.29, 0.717) is 38.4 Å². The summed E-state index contributed by atoms with van der Waals surface area (Å²) >= 11 is 0. The Labute approximate surface area is 198 Å². The Balaban J connectivity index is 1.28. The molecule has 3 heterocycles. The van der Waals surface area contributed by atoms with Gasteiger partial charge in [0.05, 0.1) is 0 Å². The molecule has 2 atom stereocenters. The second-order valence-corrected chi connectivity index (χ2v) is 9.63. The highest BCUT2D eigenvalue weighted by Crippen LogP contribution is 2.27. The predicted octanol–water partition coefficient (Wildman–Crippen LogP) is 3.47. The molecule has 0 N–H and O–H groups in total. The fourth-order valence-corrected chi connectivity index (χ4v) is 4.09. The van der Waals surface area contributed by atoms with Crippen LogP contribution in [0.2, 0.25) is 0 Å². The van der Waals surface area contributed by atoms with Crippen molar-refractivity contribution in [2.75, 3.05) is 31.1 Å². The van der Waals surface area contributed by atoms with Gasteiger partial charge in [-0.2, -0.15) is 0 Å². The Morgan fingerprint density at radius 2 is 1.97 bits per heavy atom. The summed E-state index contributed by atoms with van der Waals surface area (Å²) in [5.74, 6) is 0.501. The lowest BCUT2D eigenvalue weighted by Crippen LogP contribution is -2.54. The number of nitro groups is 1. The monoisotopic (exact) mass is 473 g/mol. The van der Waals surface area contributed by atoms with Crippen LogP contribution in [-0.2, 0) is 11.3 Å². The quantitative estimate of drug-likeness (QED) is 0.479. The first-order chi connectivity index (χ1) is 16.1. The van der Waals surface area contributed by atoms with Gasteiger partial charge in [-0.25, -0.2) is 4.79 Å². The van der Waals surface area contributed by atoms with Crippen LogP contribution in [0.25, 0.3) is 0 Å². The molecule has 0 spiro atoms. The molecule has 34 heavy (non-hydrogen) atoms. The summed E-state index contributed by atoms with van der Waals surface area (Å²) in [5.41, 5.74) is 0.557. The van der Waals surface area contributed by atoms with Crippen LogP contribution >= 0.6 is 0 Å². The third-order valence-corrected chi connectivity index (χ3v) is 5.76. The molecular formula is C23H31N5O6. The number of hydrogen-bond acceptors (Lipinski definition) is 8. The summed E-state index contributed by atoms with van der Waals surface area (Å²) in [5, 5.41) is 10.9. The topological polar surface area (TPSA) is 112 Å². The summed E-state index contributed by atoms with van der Waals surface area (Å²) in [7, 11) is 0. The first-order valence-corrected chi connectivity index (χ1v) is 11.4. The van der Waals surface area contributed by atoms with Crippen LogP contribution in [0.3, 0.4) is 0 Å². The number of piperazine rings is 1. The SMILES string of the molecule is C[C@H]1CN(C(=O)OC(C)(C)C)CCN1c1ccc(OC[C@@H]2CCn3cc([N+](=O)[O-])nc3O2)cc1. The number of hydrogen-bond donors (Lipinski definition) is 0. The van der Waals surface area contributed by atoms with Crippen LogP contribution in [0.1, 0.15) is 34.1 Å². The van der Waals surface area contributed by atoms with Crippen LogP contribution in [0.15, 0.2) is 30.5 Å². The van der Waals surface area contributed by atoms with E-state index in [-0.39, 0.29) is 30.1 Å². The molecule has 0 saturated carbocycles. The van der Waals surface area contributed by atoms with Gasteiger partial charge in [-0.05, 0) is 56.9 Å². The highest BCUT2D eigenvalue weighted by atomic mass is 16.6. The average molecular weight is 474 g/mol. The molecule has 1 fully saturated rings. The van der Waals surface area contributed by atoms with Gasteiger partial charge in [0.15, 0.2) is 0 Å². The number of anilines is 1. The highest BCUT2D eigenvalue weighted by Gasteiger charge is 2.30. The number of aromatic nitrogens is 2. The van der Waals surface area contributed by atoms with Crippen LogP contribution in [0.5, 0.6) is 11.8 Å². The Kier molecular flexibility index (Phi) is 6.54. The Hall–Kier alpha value is -3.50. The second kappa shape index (κ2) is 9.40. The summed E-state index contributed by atoms with van der Waals surface area (Å²) < 4.78 is 18.8. The maximum atomic E-state index is 12.4. The van der Waals surface area contributed by atoms with Gasteiger partial charge in [0, 0.05) is 49.3 Å². The Morgan fingerprint density at radius 1 is 1.24 bits per heavy atom. The van der Waals surface area contributed by atoms with Crippen molar-refractivity contribution in [2.24, 2.45) is 0 Å². The molecule has 0 radical (unpaired) electrons. The molecule has 11 heteroatoms. The molecule has 0 bridgehead atoms. The van der Waals surface area contributed by atoms with Crippen molar-refractivity contribution in [1.29, 1.82) is 0 Å². The first kappa shape index (κ1) is 23.7. The molecule has 2 aliphatic heterocycles. The van der Waals surface area contributed by atoms with E-state index < -0.39 is 10.5 Å². The molecule has 0 unspecified atom stereocenters. The summed E-state index contributed by atoms with van der Waals surface area (Å²) in [6, 6.07) is 8.24. The van der Waals surface area contributed by atoms with E-state index in [1.165, 1.54) is 6.20 Å². The first-order valence-electron chi connectivity index (χ1n) is 11.4. The van der Waals surface area contributed by atoms with Gasteiger partial charge in [0.25, 0.3) is 0 Å². The van der Waals surface area contributed by atoms with Crippen LogP contribution in [0.4, 0.5) is 16.3 Å². The van der Waals surface area contributed by atoms with E-state index in [9.17, 15) is 14.9 Å². The third-order valence-electron chi connectivity index (χ3n) is 5.76. The molecule has 1 saturated heterocycles. The molecular weight excluding hydrogens is 442 g/mol. The van der Waals surface area contributed by atoms with Crippen LogP contribution in [0, 0.1) is 10.1 Å². The van der Waals surface area contributed by atoms with Crippen molar-refractivity contribution in [2.45, 2.75) is 58.4 Å². The molecule has 2 aliphatic rings. The third kappa shape index (κ3) is 5.52. The molecule has 1 aromatic heterocycles. The van der Waals surface area contributed by atoms with Gasteiger partial charge in [0.1, 0.15) is 30.3 Å². The van der Waals surface area contributed by atoms with E-state index in [1.54, 1.807) is 9.47 Å². The Morgan fingerprint density at radius 3 is 2.62 bits per heavy atom. The van der Waals surface area contributed by atoms with E-state index in [0.717, 1.165) is 12.2 Å². The second-order valence-electron chi connectivity index (χ2n) is 9.63. The van der Waals surface area contributed by atoms with Crippen molar-refractivity contribution in [1.82, 2.24) is 14.5 Å². The zero-order valence-electron chi connectivity index (χ0n) is 20.0. The summed E-state index contributed by atoms with van der Waals surface area (Å²) in [4.78, 5) is 30.7. The van der Waals surface area contributed by atoms with Gasteiger partial charge in [-0.3, -0.25) is 4.57 Å². The van der Waals surface area contributed by atoms with Gasteiger partial charge in [-0.1, -0.05) is 0 Å². The number of carbonyl (C=O) groups is 1. The van der Waals surface area contributed by atoms with Crippen LogP contribution in [-0.4, -0.2) is 69.5 Å². The number of aryl methyl sites for hydroxylation is 1. The van der Waals surface area contributed by atoms with Crippen molar-refractivity contribution < 1.29 is 23.9 Å². The normalized spacial score (nSPS) is 20.4. The number of fused-ring (bicyclic) bond motifs is 1. The smallest absolute Gasteiger partial charge is 0.414 e. The van der Waals surface area contributed by atoms with Crippen molar-refractivity contribution >= 4 is 17.6 Å². The molecule has 11 nitrogen and oxygen atoms in total. The molecule has 1 amide bonds. The molecule has 2 aromatic rings. The lowest BCUT2D eigenvalue weighted by Gasteiger charge is -2.41. The van der Waals surface area contributed by atoms with Gasteiger partial charge in [-0.15, -0.1) is 0 Å². The largest absolute Gasteiger partial charge is 0.490 e. The fraction of sp³-hybridized carbons (Fsp3) is 0.565. The Bertz CT molecular complexity index is 1030. The minimum absolute atomic E-state index is 0.150. The highest BCUT2D eigenvalue weighted by molar-refractivity contribution is 5.69. The van der Waals surface area contributed by atoms with E-state index in [4.69, 9.17) is 14.2 Å². The molecule has 0 aliphatic carbocycles. The minimum Gasteiger partial charge on any atom is -0.490 e. The van der Waals surface area contributed by atoms with Crippen molar-refractivity contribution in [3.8, 4) is 11.8 Å². The van der Waals surface area contributed by atoms with Gasteiger partial charge in [0.2, 0.25) is 0 Å². The predicted molar refractivity (Wildman–Crippen MR) is 124 cm³/mol. The summed E-state index contributed by atoms with van der Waals surface area (Å²) in [6.45, 7) is 10.5.